The molecule has 25 heavy (non-hydrogen) atoms. The highest BCUT2D eigenvalue weighted by Crippen LogP contribution is 2.30. The second-order valence-electron chi connectivity index (χ2n) is 6.16. The van der Waals surface area contributed by atoms with Gasteiger partial charge in [0, 0.05) is 16.8 Å². The number of nitrogens with two attached hydrogens (primary N) is 1. The number of benzene rings is 2. The Kier molecular flexibility index (Phi) is 3.75. The Hall–Kier alpha value is -3.10. The molecule has 1 fully saturated rings. The van der Waals surface area contributed by atoms with Gasteiger partial charge >= 0.3 is 0 Å². The van der Waals surface area contributed by atoms with Crippen molar-refractivity contribution in [2.45, 2.75) is 12.8 Å². The zero-order chi connectivity index (χ0) is 17.4. The largest absolute Gasteiger partial charge is 0.349 e. The zero-order valence-corrected chi connectivity index (χ0v) is 13.4. The Balaban J connectivity index is 1.84. The molecule has 1 aliphatic rings. The van der Waals surface area contributed by atoms with Gasteiger partial charge in [-0.1, -0.05) is 36.1 Å². The van der Waals surface area contributed by atoms with Crippen LogP contribution < -0.4 is 11.3 Å². The molecule has 1 amide bonds. The molecule has 1 aliphatic carbocycles. The molecule has 5 heteroatoms. The molecule has 0 radical (unpaired) electrons. The summed E-state index contributed by atoms with van der Waals surface area (Å²) in [6.07, 6.45) is 2.23. The fraction of sp³-hybridized carbons (Fsp3) is 0.150. The summed E-state index contributed by atoms with van der Waals surface area (Å²) in [4.78, 5) is 15.2. The number of rotatable bonds is 2. The number of carbonyl (C=O) groups is 1. The van der Waals surface area contributed by atoms with Gasteiger partial charge in [0.05, 0.1) is 5.56 Å². The third kappa shape index (κ3) is 3.00. The number of fused-ring (bicyclic) bond motifs is 1. The molecule has 124 valence electrons. The molecule has 4 rings (SSSR count). The number of amides is 1. The monoisotopic (exact) mass is 333 g/mol. The van der Waals surface area contributed by atoms with Crippen LogP contribution in [0, 0.1) is 23.6 Å². The average Bonchev–Trinajstić information content (AvgIpc) is 3.39. The maximum absolute atomic E-state index is 13.1. The van der Waals surface area contributed by atoms with Gasteiger partial charge < -0.3 is 4.98 Å². The van der Waals surface area contributed by atoms with Gasteiger partial charge in [0.15, 0.2) is 0 Å². The molecule has 1 heterocycles. The van der Waals surface area contributed by atoms with Crippen LogP contribution in [0.3, 0.4) is 0 Å². The smallest absolute Gasteiger partial charge is 0.282 e. The van der Waals surface area contributed by atoms with Gasteiger partial charge in [-0.3, -0.25) is 10.2 Å². The molecule has 2 aromatic carbocycles. The van der Waals surface area contributed by atoms with Crippen LogP contribution in [-0.2, 0) is 0 Å². The van der Waals surface area contributed by atoms with Crippen LogP contribution in [0.15, 0.2) is 42.5 Å². The molecule has 4 N–H and O–H groups in total. The Morgan fingerprint density at radius 2 is 1.88 bits per heavy atom. The third-order valence-corrected chi connectivity index (χ3v) is 4.31. The summed E-state index contributed by atoms with van der Waals surface area (Å²) < 4.78 is 13.1. The maximum atomic E-state index is 13.1. The first kappa shape index (κ1) is 15.4. The standard InChI is InChI=1S/C20H16FN3O/c21-15-7-4-13(5-8-15)14-6-10-16-17(9-3-12-1-2-12)19(20(25)24-22)23-18(16)11-14/h4-8,10-12,23H,1-2,22H2,(H,24,25). The minimum absolute atomic E-state index is 0.274. The average molecular weight is 333 g/mol. The lowest BCUT2D eigenvalue weighted by atomic mass is 10.0. The Morgan fingerprint density at radius 1 is 1.16 bits per heavy atom. The molecule has 0 unspecified atom stereocenters. The lowest BCUT2D eigenvalue weighted by molar-refractivity contribution is 0.0949. The van der Waals surface area contributed by atoms with Gasteiger partial charge in [0.25, 0.3) is 5.91 Å². The zero-order valence-electron chi connectivity index (χ0n) is 13.4. The molecule has 0 saturated heterocycles. The Bertz CT molecular complexity index is 1020. The van der Waals surface area contributed by atoms with Crippen molar-refractivity contribution >= 4 is 16.8 Å². The third-order valence-electron chi connectivity index (χ3n) is 4.31. The quantitative estimate of drug-likeness (QED) is 0.291. The van der Waals surface area contributed by atoms with E-state index in [0.29, 0.717) is 17.2 Å². The van der Waals surface area contributed by atoms with Crippen LogP contribution in [0.5, 0.6) is 0 Å². The summed E-state index contributed by atoms with van der Waals surface area (Å²) in [5.41, 5.74) is 5.80. The second kappa shape index (κ2) is 6.08. The second-order valence-corrected chi connectivity index (χ2v) is 6.16. The summed E-state index contributed by atoms with van der Waals surface area (Å²) in [5.74, 6) is 11.4. The minimum Gasteiger partial charge on any atom is -0.349 e. The first-order chi connectivity index (χ1) is 12.2. The number of nitrogens with one attached hydrogen (secondary N) is 2. The van der Waals surface area contributed by atoms with Crippen LogP contribution in [0.25, 0.3) is 22.0 Å². The molecule has 4 nitrogen and oxygen atoms in total. The van der Waals surface area contributed by atoms with E-state index in [1.54, 1.807) is 12.1 Å². The van der Waals surface area contributed by atoms with Gasteiger partial charge in [-0.2, -0.15) is 0 Å². The number of carbonyl (C=O) groups excluding carboxylic acids is 1. The lowest BCUT2D eigenvalue weighted by Crippen LogP contribution is -2.30. The molecule has 1 saturated carbocycles. The van der Waals surface area contributed by atoms with E-state index in [4.69, 9.17) is 5.84 Å². The molecule has 3 aromatic rings. The number of H-pyrrole nitrogens is 1. The Labute approximate surface area is 144 Å². The summed E-state index contributed by atoms with van der Waals surface area (Å²) >= 11 is 0. The summed E-state index contributed by atoms with van der Waals surface area (Å²) in [5, 5.41) is 0.873. The predicted molar refractivity (Wildman–Crippen MR) is 94.9 cm³/mol. The highest BCUT2D eigenvalue weighted by molar-refractivity contribution is 6.03. The van der Waals surface area contributed by atoms with Crippen LogP contribution in [0.1, 0.15) is 28.9 Å². The van der Waals surface area contributed by atoms with Crippen molar-refractivity contribution in [1.82, 2.24) is 10.4 Å². The highest BCUT2D eigenvalue weighted by Gasteiger charge is 2.20. The van der Waals surface area contributed by atoms with E-state index in [-0.39, 0.29) is 5.82 Å². The fourth-order valence-electron chi connectivity index (χ4n) is 2.79. The molecule has 0 spiro atoms. The van der Waals surface area contributed by atoms with Crippen molar-refractivity contribution in [1.29, 1.82) is 0 Å². The van der Waals surface area contributed by atoms with Gasteiger partial charge in [-0.05, 0) is 42.2 Å². The summed E-state index contributed by atoms with van der Waals surface area (Å²) in [7, 11) is 0. The van der Waals surface area contributed by atoms with Gasteiger partial charge in [-0.15, -0.1) is 0 Å². The number of aromatic nitrogens is 1. The van der Waals surface area contributed by atoms with Crippen molar-refractivity contribution in [2.75, 3.05) is 0 Å². The van der Waals surface area contributed by atoms with Crippen molar-refractivity contribution in [3.63, 3.8) is 0 Å². The van der Waals surface area contributed by atoms with Gasteiger partial charge in [-0.25, -0.2) is 10.2 Å². The lowest BCUT2D eigenvalue weighted by Gasteiger charge is -2.02. The van der Waals surface area contributed by atoms with Crippen LogP contribution in [0.2, 0.25) is 0 Å². The number of hydrazine groups is 1. The van der Waals surface area contributed by atoms with Crippen molar-refractivity contribution < 1.29 is 9.18 Å². The number of nitrogen functional groups attached to an aromatic ring is 1. The van der Waals surface area contributed by atoms with Crippen molar-refractivity contribution in [3.8, 4) is 23.0 Å². The molecule has 0 atom stereocenters. The Morgan fingerprint density at radius 3 is 2.56 bits per heavy atom. The number of hydrogen-bond acceptors (Lipinski definition) is 2. The van der Waals surface area contributed by atoms with Crippen LogP contribution >= 0.6 is 0 Å². The predicted octanol–water partition coefficient (Wildman–Crippen LogP) is 3.34. The van der Waals surface area contributed by atoms with E-state index in [2.05, 4.69) is 22.3 Å². The summed E-state index contributed by atoms with van der Waals surface area (Å²) in [6.45, 7) is 0. The molecular weight excluding hydrogens is 317 g/mol. The number of hydrogen-bond donors (Lipinski definition) is 3. The van der Waals surface area contributed by atoms with Crippen molar-refractivity contribution in [2.24, 2.45) is 11.8 Å². The van der Waals surface area contributed by atoms with E-state index in [9.17, 15) is 9.18 Å². The number of aromatic amines is 1. The molecular formula is C20H16FN3O. The van der Waals surface area contributed by atoms with E-state index in [1.807, 2.05) is 18.2 Å². The SMILES string of the molecule is NNC(=O)c1[nH]c2cc(-c3ccc(F)cc3)ccc2c1C#CC1CC1. The van der Waals surface area contributed by atoms with Gasteiger partial charge in [0.2, 0.25) is 0 Å². The number of halogens is 1. The topological polar surface area (TPSA) is 70.9 Å². The fourth-order valence-corrected chi connectivity index (χ4v) is 2.79. The van der Waals surface area contributed by atoms with E-state index in [1.165, 1.54) is 12.1 Å². The minimum atomic E-state index is -0.403. The highest BCUT2D eigenvalue weighted by atomic mass is 19.1. The molecule has 1 aromatic heterocycles. The van der Waals surface area contributed by atoms with Crippen LogP contribution in [-0.4, -0.2) is 10.9 Å². The first-order valence-corrected chi connectivity index (χ1v) is 8.10. The molecule has 0 bridgehead atoms. The van der Waals surface area contributed by atoms with Crippen molar-refractivity contribution in [3.05, 3.63) is 59.5 Å². The maximum Gasteiger partial charge on any atom is 0.282 e. The van der Waals surface area contributed by atoms with E-state index in [0.717, 1.165) is 34.9 Å². The summed E-state index contributed by atoms with van der Waals surface area (Å²) in [6, 6.07) is 12.1. The normalized spacial score (nSPS) is 13.4. The molecule has 0 aliphatic heterocycles. The van der Waals surface area contributed by atoms with Gasteiger partial charge in [0.1, 0.15) is 11.5 Å². The van der Waals surface area contributed by atoms with E-state index >= 15 is 0 Å². The van der Waals surface area contributed by atoms with E-state index < -0.39 is 5.91 Å². The van der Waals surface area contributed by atoms with Crippen LogP contribution in [0.4, 0.5) is 4.39 Å². The first-order valence-electron chi connectivity index (χ1n) is 8.10.